The molecule has 27 heavy (non-hydrogen) atoms. The Labute approximate surface area is 154 Å². The predicted octanol–water partition coefficient (Wildman–Crippen LogP) is 3.49. The Balaban J connectivity index is 1.73. The first-order chi connectivity index (χ1) is 12.9. The number of hydrogen-bond acceptors (Lipinski definition) is 4. The first-order valence-electron chi connectivity index (χ1n) is 8.23. The largest absolute Gasteiger partial charge is 0.434 e. The van der Waals surface area contributed by atoms with Gasteiger partial charge in [0.2, 0.25) is 0 Å². The maximum absolute atomic E-state index is 12.6. The quantitative estimate of drug-likeness (QED) is 0.532. The van der Waals surface area contributed by atoms with E-state index >= 15 is 0 Å². The highest BCUT2D eigenvalue weighted by Gasteiger charge is 2.13. The molecule has 0 fully saturated rings. The highest BCUT2D eigenvalue weighted by molar-refractivity contribution is 6.01. The number of halogens is 2. The molecular weight excluding hydrogens is 354 g/mol. The van der Waals surface area contributed by atoms with Crippen LogP contribution in [0.5, 0.6) is 5.75 Å². The van der Waals surface area contributed by atoms with Gasteiger partial charge in [-0.3, -0.25) is 4.79 Å². The summed E-state index contributed by atoms with van der Waals surface area (Å²) in [4.78, 5) is 16.4. The standard InChI is InChI=1S/C19H18F2N4O2/c1-12-7-8-17(27-19(20)21)14(9-12)13(2)23-24-18(26)10-25-11-22-15-5-3-4-6-16(15)25/h3-9,11,19H,10H2,1-2H3,(H,24,26)/b23-13+. The number of amides is 1. The van der Waals surface area contributed by atoms with Crippen LogP contribution in [-0.4, -0.2) is 27.8 Å². The van der Waals surface area contributed by atoms with E-state index in [9.17, 15) is 13.6 Å². The Morgan fingerprint density at radius 2 is 2.07 bits per heavy atom. The number of nitrogens with one attached hydrogen (secondary N) is 1. The van der Waals surface area contributed by atoms with E-state index in [2.05, 4.69) is 20.2 Å². The Bertz CT molecular complexity index is 998. The van der Waals surface area contributed by atoms with Crippen LogP contribution < -0.4 is 10.2 Å². The van der Waals surface area contributed by atoms with Crippen LogP contribution in [0.2, 0.25) is 0 Å². The molecule has 0 saturated heterocycles. The number of alkyl halides is 2. The van der Waals surface area contributed by atoms with Crippen LogP contribution in [0.15, 0.2) is 53.9 Å². The van der Waals surface area contributed by atoms with Crippen molar-refractivity contribution in [2.45, 2.75) is 27.0 Å². The molecule has 0 aliphatic carbocycles. The molecule has 0 aliphatic rings. The molecule has 1 N–H and O–H groups in total. The minimum atomic E-state index is -2.94. The monoisotopic (exact) mass is 372 g/mol. The van der Waals surface area contributed by atoms with Crippen molar-refractivity contribution >= 4 is 22.7 Å². The molecule has 8 heteroatoms. The summed E-state index contributed by atoms with van der Waals surface area (Å²) in [6.07, 6.45) is 1.58. The van der Waals surface area contributed by atoms with Crippen molar-refractivity contribution in [2.24, 2.45) is 5.10 Å². The molecule has 0 unspecified atom stereocenters. The maximum Gasteiger partial charge on any atom is 0.387 e. The third-order valence-electron chi connectivity index (χ3n) is 3.93. The first-order valence-corrected chi connectivity index (χ1v) is 8.23. The summed E-state index contributed by atoms with van der Waals surface area (Å²) in [5, 5.41) is 4.02. The van der Waals surface area contributed by atoms with Gasteiger partial charge in [0.1, 0.15) is 12.3 Å². The molecule has 0 bridgehead atoms. The molecule has 0 spiro atoms. The molecule has 0 radical (unpaired) electrons. The number of hydrazone groups is 1. The minimum absolute atomic E-state index is 0.00621. The number of fused-ring (bicyclic) bond motifs is 1. The molecule has 1 amide bonds. The van der Waals surface area contributed by atoms with E-state index < -0.39 is 6.61 Å². The van der Waals surface area contributed by atoms with Gasteiger partial charge in [0.25, 0.3) is 5.91 Å². The van der Waals surface area contributed by atoms with Gasteiger partial charge in [-0.15, -0.1) is 0 Å². The SMILES string of the molecule is C/C(=N\NC(=O)Cn1cnc2ccccc21)c1cc(C)ccc1OC(F)F. The lowest BCUT2D eigenvalue weighted by Crippen LogP contribution is -2.24. The van der Waals surface area contributed by atoms with Crippen LogP contribution in [0.1, 0.15) is 18.1 Å². The summed E-state index contributed by atoms with van der Waals surface area (Å²) in [6.45, 7) is 0.528. The highest BCUT2D eigenvalue weighted by Crippen LogP contribution is 2.22. The molecule has 0 atom stereocenters. The number of nitrogens with zero attached hydrogens (tertiary/aromatic N) is 3. The van der Waals surface area contributed by atoms with Gasteiger partial charge < -0.3 is 9.30 Å². The fourth-order valence-corrected chi connectivity index (χ4v) is 2.66. The average Bonchev–Trinajstić information content (AvgIpc) is 3.04. The maximum atomic E-state index is 12.6. The van der Waals surface area contributed by atoms with E-state index in [1.807, 2.05) is 31.2 Å². The minimum Gasteiger partial charge on any atom is -0.434 e. The van der Waals surface area contributed by atoms with Gasteiger partial charge >= 0.3 is 6.61 Å². The molecule has 1 aromatic heterocycles. The summed E-state index contributed by atoms with van der Waals surface area (Å²) in [6, 6.07) is 12.2. The van der Waals surface area contributed by atoms with Gasteiger partial charge in [0, 0.05) is 5.56 Å². The van der Waals surface area contributed by atoms with Crippen molar-refractivity contribution in [3.63, 3.8) is 0 Å². The van der Waals surface area contributed by atoms with Crippen LogP contribution in [0.25, 0.3) is 11.0 Å². The van der Waals surface area contributed by atoms with E-state index in [0.29, 0.717) is 11.3 Å². The summed E-state index contributed by atoms with van der Waals surface area (Å²) < 4.78 is 31.4. The van der Waals surface area contributed by atoms with Gasteiger partial charge in [0.05, 0.1) is 23.1 Å². The van der Waals surface area contributed by atoms with Crippen LogP contribution in [-0.2, 0) is 11.3 Å². The lowest BCUT2D eigenvalue weighted by molar-refractivity contribution is -0.121. The van der Waals surface area contributed by atoms with Crippen molar-refractivity contribution in [3.8, 4) is 5.75 Å². The number of para-hydroxylation sites is 2. The Morgan fingerprint density at radius 1 is 1.30 bits per heavy atom. The number of carbonyl (C=O) groups excluding carboxylic acids is 1. The zero-order chi connectivity index (χ0) is 19.4. The third kappa shape index (κ3) is 4.46. The second kappa shape index (κ2) is 7.94. The second-order valence-corrected chi connectivity index (χ2v) is 5.97. The average molecular weight is 372 g/mol. The number of imidazole rings is 1. The Kier molecular flexibility index (Phi) is 5.44. The number of aryl methyl sites for hydroxylation is 1. The Morgan fingerprint density at radius 3 is 2.85 bits per heavy atom. The smallest absolute Gasteiger partial charge is 0.387 e. The number of ether oxygens (including phenoxy) is 1. The van der Waals surface area contributed by atoms with Crippen molar-refractivity contribution in [3.05, 3.63) is 59.9 Å². The second-order valence-electron chi connectivity index (χ2n) is 5.97. The van der Waals surface area contributed by atoms with Crippen LogP contribution in [0, 0.1) is 6.92 Å². The number of benzene rings is 2. The zero-order valence-corrected chi connectivity index (χ0v) is 14.8. The normalized spacial score (nSPS) is 11.8. The van der Waals surface area contributed by atoms with Crippen molar-refractivity contribution < 1.29 is 18.3 Å². The fraction of sp³-hybridized carbons (Fsp3) is 0.211. The first kappa shape index (κ1) is 18.5. The summed E-state index contributed by atoms with van der Waals surface area (Å²) in [7, 11) is 0. The van der Waals surface area contributed by atoms with Crippen LogP contribution in [0.3, 0.4) is 0 Å². The molecule has 0 aliphatic heterocycles. The molecule has 140 valence electrons. The van der Waals surface area contributed by atoms with Gasteiger partial charge in [-0.1, -0.05) is 23.8 Å². The summed E-state index contributed by atoms with van der Waals surface area (Å²) >= 11 is 0. The predicted molar refractivity (Wildman–Crippen MR) is 97.9 cm³/mol. The van der Waals surface area contributed by atoms with E-state index in [1.165, 1.54) is 6.07 Å². The Hall–Kier alpha value is -3.29. The molecule has 6 nitrogen and oxygen atoms in total. The van der Waals surface area contributed by atoms with Crippen molar-refractivity contribution in [1.29, 1.82) is 0 Å². The topological polar surface area (TPSA) is 68.5 Å². The van der Waals surface area contributed by atoms with Gasteiger partial charge in [-0.2, -0.15) is 13.9 Å². The number of carbonyl (C=O) groups is 1. The third-order valence-corrected chi connectivity index (χ3v) is 3.93. The van der Waals surface area contributed by atoms with E-state index in [-0.39, 0.29) is 18.2 Å². The van der Waals surface area contributed by atoms with Gasteiger partial charge in [-0.05, 0) is 38.1 Å². The number of rotatable bonds is 6. The fourth-order valence-electron chi connectivity index (χ4n) is 2.66. The molecule has 2 aromatic carbocycles. The van der Waals surface area contributed by atoms with E-state index in [4.69, 9.17) is 0 Å². The number of aromatic nitrogens is 2. The molecule has 3 aromatic rings. The van der Waals surface area contributed by atoms with Crippen LogP contribution in [0.4, 0.5) is 8.78 Å². The highest BCUT2D eigenvalue weighted by atomic mass is 19.3. The molecule has 0 saturated carbocycles. The summed E-state index contributed by atoms with van der Waals surface area (Å²) in [5.74, 6) is -0.354. The molecular formula is C19H18F2N4O2. The number of hydrogen-bond donors (Lipinski definition) is 1. The zero-order valence-electron chi connectivity index (χ0n) is 14.8. The van der Waals surface area contributed by atoms with E-state index in [0.717, 1.165) is 16.6 Å². The van der Waals surface area contributed by atoms with Gasteiger partial charge in [0.15, 0.2) is 0 Å². The van der Waals surface area contributed by atoms with Crippen molar-refractivity contribution in [2.75, 3.05) is 0 Å². The lowest BCUT2D eigenvalue weighted by atomic mass is 10.1. The molecule has 3 rings (SSSR count). The van der Waals surface area contributed by atoms with Gasteiger partial charge in [-0.25, -0.2) is 10.4 Å². The molecule has 1 heterocycles. The lowest BCUT2D eigenvalue weighted by Gasteiger charge is -2.11. The van der Waals surface area contributed by atoms with Crippen molar-refractivity contribution in [1.82, 2.24) is 15.0 Å². The van der Waals surface area contributed by atoms with E-state index in [1.54, 1.807) is 30.0 Å². The van der Waals surface area contributed by atoms with Crippen LogP contribution >= 0.6 is 0 Å². The summed E-state index contributed by atoms with van der Waals surface area (Å²) in [5.41, 5.74) is 5.67.